The van der Waals surface area contributed by atoms with Gasteiger partial charge in [-0.25, -0.2) is 0 Å². The summed E-state index contributed by atoms with van der Waals surface area (Å²) < 4.78 is 8.22. The molecule has 5 nitrogen and oxygen atoms in total. The Kier molecular flexibility index (Phi) is 4.02. The van der Waals surface area contributed by atoms with Gasteiger partial charge in [-0.2, -0.15) is 0 Å². The van der Waals surface area contributed by atoms with E-state index in [9.17, 15) is 0 Å². The largest absolute Gasteiger partial charge is 0.365 e. The standard InChI is InChI=1S/C20H22N4OS/c1-23-19(17-11-14-5-2-3-6-16(14)13-25-17)21-22-20(23)24-9-4-7-18-15(12-24)8-10-26-18/h2-3,5-6,8,10,17H,4,7,9,11-13H2,1H3. The predicted octanol–water partition coefficient (Wildman–Crippen LogP) is 3.64. The van der Waals surface area contributed by atoms with Crippen LogP contribution < -0.4 is 4.90 Å². The molecule has 1 atom stereocenters. The van der Waals surface area contributed by atoms with Crippen LogP contribution in [0.4, 0.5) is 5.95 Å². The fourth-order valence-corrected chi connectivity index (χ4v) is 4.96. The number of ether oxygens (including phenoxy) is 1. The summed E-state index contributed by atoms with van der Waals surface area (Å²) in [6, 6.07) is 10.7. The van der Waals surface area contributed by atoms with Gasteiger partial charge >= 0.3 is 0 Å². The predicted molar refractivity (Wildman–Crippen MR) is 102 cm³/mol. The normalized spacial score (nSPS) is 19.7. The second kappa shape index (κ2) is 6.52. The van der Waals surface area contributed by atoms with Crippen LogP contribution in [-0.2, 0) is 37.8 Å². The molecule has 2 aromatic heterocycles. The summed E-state index contributed by atoms with van der Waals surface area (Å²) >= 11 is 1.87. The maximum absolute atomic E-state index is 6.10. The summed E-state index contributed by atoms with van der Waals surface area (Å²) in [5, 5.41) is 11.2. The minimum absolute atomic E-state index is 0.0279. The summed E-state index contributed by atoms with van der Waals surface area (Å²) in [7, 11) is 2.06. The number of rotatable bonds is 2. The molecule has 0 spiro atoms. The van der Waals surface area contributed by atoms with Crippen molar-refractivity contribution in [1.29, 1.82) is 0 Å². The molecule has 0 saturated heterocycles. The van der Waals surface area contributed by atoms with E-state index in [1.54, 1.807) is 0 Å². The van der Waals surface area contributed by atoms with E-state index in [0.29, 0.717) is 6.61 Å². The number of anilines is 1. The number of thiophene rings is 1. The number of hydrogen-bond donors (Lipinski definition) is 0. The first-order chi connectivity index (χ1) is 12.8. The number of benzene rings is 1. The van der Waals surface area contributed by atoms with E-state index in [0.717, 1.165) is 44.1 Å². The van der Waals surface area contributed by atoms with Gasteiger partial charge in [0.25, 0.3) is 0 Å². The molecule has 0 radical (unpaired) electrons. The number of fused-ring (bicyclic) bond motifs is 2. The average molecular weight is 366 g/mol. The van der Waals surface area contributed by atoms with Crippen molar-refractivity contribution in [3.05, 3.63) is 63.1 Å². The zero-order chi connectivity index (χ0) is 17.5. The highest BCUT2D eigenvalue weighted by Gasteiger charge is 2.27. The monoisotopic (exact) mass is 366 g/mol. The maximum Gasteiger partial charge on any atom is 0.227 e. The van der Waals surface area contributed by atoms with Crippen LogP contribution in [0.2, 0.25) is 0 Å². The van der Waals surface area contributed by atoms with E-state index in [-0.39, 0.29) is 6.10 Å². The fraction of sp³-hybridized carbons (Fsp3) is 0.400. The van der Waals surface area contributed by atoms with Crippen LogP contribution in [0.3, 0.4) is 0 Å². The number of aryl methyl sites for hydroxylation is 1. The Hall–Kier alpha value is -2.18. The average Bonchev–Trinajstić information content (AvgIpc) is 3.22. The first kappa shape index (κ1) is 16.0. The lowest BCUT2D eigenvalue weighted by molar-refractivity contribution is 0.0199. The van der Waals surface area contributed by atoms with E-state index < -0.39 is 0 Å². The quantitative estimate of drug-likeness (QED) is 0.694. The summed E-state index contributed by atoms with van der Waals surface area (Å²) in [6.45, 7) is 2.58. The van der Waals surface area contributed by atoms with Crippen LogP contribution in [0.25, 0.3) is 0 Å². The first-order valence-corrected chi connectivity index (χ1v) is 10.1. The SMILES string of the molecule is Cn1c(C2Cc3ccccc3CO2)nnc1N1CCCc2sccc2C1. The molecule has 134 valence electrons. The van der Waals surface area contributed by atoms with Gasteiger partial charge in [0, 0.05) is 31.4 Å². The topological polar surface area (TPSA) is 43.2 Å². The van der Waals surface area contributed by atoms with Gasteiger partial charge in [-0.15, -0.1) is 21.5 Å². The zero-order valence-corrected chi connectivity index (χ0v) is 15.7. The van der Waals surface area contributed by atoms with Gasteiger partial charge in [-0.05, 0) is 41.0 Å². The summed E-state index contributed by atoms with van der Waals surface area (Å²) in [6.07, 6.45) is 3.15. The molecule has 1 aromatic carbocycles. The Bertz CT molecular complexity index is 932. The van der Waals surface area contributed by atoms with Crippen molar-refractivity contribution < 1.29 is 4.74 Å². The van der Waals surface area contributed by atoms with Crippen molar-refractivity contribution in [1.82, 2.24) is 14.8 Å². The molecule has 2 aliphatic heterocycles. The minimum Gasteiger partial charge on any atom is -0.365 e. The van der Waals surface area contributed by atoms with Crippen molar-refractivity contribution in [2.75, 3.05) is 11.4 Å². The summed E-state index contributed by atoms with van der Waals surface area (Å²) in [4.78, 5) is 3.87. The van der Waals surface area contributed by atoms with Gasteiger partial charge in [-0.1, -0.05) is 24.3 Å². The molecule has 26 heavy (non-hydrogen) atoms. The molecule has 0 fully saturated rings. The molecule has 3 aromatic rings. The lowest BCUT2D eigenvalue weighted by Gasteiger charge is -2.25. The Balaban J connectivity index is 1.41. The van der Waals surface area contributed by atoms with Gasteiger partial charge in [0.05, 0.1) is 6.61 Å². The molecular formula is C20H22N4OS. The Morgan fingerprint density at radius 1 is 1.12 bits per heavy atom. The highest BCUT2D eigenvalue weighted by molar-refractivity contribution is 7.10. The third-order valence-corrected chi connectivity index (χ3v) is 6.47. The summed E-state index contributed by atoms with van der Waals surface area (Å²) in [5.41, 5.74) is 4.06. The number of hydrogen-bond acceptors (Lipinski definition) is 5. The van der Waals surface area contributed by atoms with Crippen LogP contribution in [0, 0.1) is 0 Å². The van der Waals surface area contributed by atoms with Crippen molar-refractivity contribution in [2.24, 2.45) is 7.05 Å². The van der Waals surface area contributed by atoms with E-state index in [1.807, 2.05) is 11.3 Å². The Morgan fingerprint density at radius 2 is 2.00 bits per heavy atom. The van der Waals surface area contributed by atoms with Gasteiger partial charge < -0.3 is 9.64 Å². The molecule has 0 aliphatic carbocycles. The summed E-state index contributed by atoms with van der Waals surface area (Å²) in [5.74, 6) is 1.87. The lowest BCUT2D eigenvalue weighted by Crippen LogP contribution is -2.26. The minimum atomic E-state index is -0.0279. The molecule has 4 heterocycles. The van der Waals surface area contributed by atoms with E-state index in [2.05, 4.69) is 62.4 Å². The van der Waals surface area contributed by atoms with Gasteiger partial charge in [0.15, 0.2) is 5.82 Å². The third kappa shape index (κ3) is 2.73. The van der Waals surface area contributed by atoms with Gasteiger partial charge in [0.1, 0.15) is 6.10 Å². The molecule has 0 amide bonds. The lowest BCUT2D eigenvalue weighted by atomic mass is 9.99. The number of aromatic nitrogens is 3. The molecule has 1 unspecified atom stereocenters. The molecule has 0 N–H and O–H groups in total. The number of nitrogens with zero attached hydrogens (tertiary/aromatic N) is 4. The van der Waals surface area contributed by atoms with Crippen LogP contribution in [-0.4, -0.2) is 21.3 Å². The van der Waals surface area contributed by atoms with Crippen LogP contribution in [0.15, 0.2) is 35.7 Å². The van der Waals surface area contributed by atoms with Crippen LogP contribution in [0.1, 0.15) is 39.9 Å². The van der Waals surface area contributed by atoms with Crippen LogP contribution in [0.5, 0.6) is 0 Å². The molecule has 5 rings (SSSR count). The molecule has 6 heteroatoms. The van der Waals surface area contributed by atoms with Crippen molar-refractivity contribution in [3.8, 4) is 0 Å². The molecule has 0 saturated carbocycles. The molecule has 2 aliphatic rings. The zero-order valence-electron chi connectivity index (χ0n) is 14.9. The molecule has 0 bridgehead atoms. The van der Waals surface area contributed by atoms with Crippen LogP contribution >= 0.6 is 11.3 Å². The smallest absolute Gasteiger partial charge is 0.227 e. The second-order valence-corrected chi connectivity index (χ2v) is 8.08. The Labute approximate surface area is 157 Å². The van der Waals surface area contributed by atoms with E-state index >= 15 is 0 Å². The van der Waals surface area contributed by atoms with Gasteiger partial charge in [-0.3, -0.25) is 4.57 Å². The fourth-order valence-electron chi connectivity index (χ4n) is 4.01. The van der Waals surface area contributed by atoms with E-state index in [4.69, 9.17) is 4.74 Å². The van der Waals surface area contributed by atoms with Crippen molar-refractivity contribution in [2.45, 2.75) is 38.5 Å². The van der Waals surface area contributed by atoms with Gasteiger partial charge in [0.2, 0.25) is 5.95 Å². The van der Waals surface area contributed by atoms with Crippen molar-refractivity contribution in [3.63, 3.8) is 0 Å². The van der Waals surface area contributed by atoms with E-state index in [1.165, 1.54) is 21.6 Å². The first-order valence-electron chi connectivity index (χ1n) is 9.17. The second-order valence-electron chi connectivity index (χ2n) is 7.08. The maximum atomic E-state index is 6.10. The highest BCUT2D eigenvalue weighted by atomic mass is 32.1. The Morgan fingerprint density at radius 3 is 2.92 bits per heavy atom. The molecular weight excluding hydrogens is 344 g/mol. The highest BCUT2D eigenvalue weighted by Crippen LogP contribution is 2.32. The third-order valence-electron chi connectivity index (χ3n) is 5.45. The van der Waals surface area contributed by atoms with Crippen molar-refractivity contribution >= 4 is 17.3 Å².